The van der Waals surface area contributed by atoms with E-state index in [4.69, 9.17) is 16.5 Å². The zero-order chi connectivity index (χ0) is 23.9. The molecule has 5 nitrogen and oxygen atoms in total. The zero-order valence-corrected chi connectivity index (χ0v) is 19.8. The number of thiophene rings is 1. The number of rotatable bonds is 6. The number of alkyl halides is 3. The van der Waals surface area contributed by atoms with E-state index in [2.05, 4.69) is 5.32 Å². The molecule has 1 saturated heterocycles. The fourth-order valence-electron chi connectivity index (χ4n) is 3.62. The minimum atomic E-state index is -4.68. The Balaban J connectivity index is 1.73. The number of nitrogens with one attached hydrogen (secondary N) is 1. The average molecular weight is 517 g/mol. The summed E-state index contributed by atoms with van der Waals surface area (Å²) in [5, 5.41) is 4.68. The maximum atomic E-state index is 13.6. The fourth-order valence-corrected chi connectivity index (χ4v) is 6.58. The highest BCUT2D eigenvalue weighted by atomic mass is 35.5. The quantitative estimate of drug-likeness (QED) is 0.414. The van der Waals surface area contributed by atoms with Crippen LogP contribution in [-0.2, 0) is 16.2 Å². The monoisotopic (exact) mass is 516 g/mol. The lowest BCUT2D eigenvalue weighted by molar-refractivity contribution is -0.139. The molecule has 0 saturated carbocycles. The van der Waals surface area contributed by atoms with Crippen LogP contribution in [0.2, 0.25) is 0 Å². The molecule has 11 heteroatoms. The maximum Gasteiger partial charge on any atom is 0.419 e. The standard InChI is InChI=1S/C22H20ClF3N2O3S2/c1-21(10-11-27-14-21)31-19-13-16(7-8-18(19)22(24,25)26)28(23)33(29,30)20-17(9-12-32-20)15-5-3-2-4-6-15/h2-9,12-13,27H,10-11,14H2,1H3/t21-/m1/s1. The summed E-state index contributed by atoms with van der Waals surface area (Å²) < 4.78 is 73.7. The molecular weight excluding hydrogens is 497 g/mol. The Bertz CT molecular complexity index is 1240. The van der Waals surface area contributed by atoms with Crippen LogP contribution < -0.4 is 13.9 Å². The minimum absolute atomic E-state index is 0.0157. The van der Waals surface area contributed by atoms with E-state index in [9.17, 15) is 21.6 Å². The van der Waals surface area contributed by atoms with Gasteiger partial charge in [-0.25, -0.2) is 0 Å². The van der Waals surface area contributed by atoms with E-state index >= 15 is 0 Å². The number of anilines is 1. The van der Waals surface area contributed by atoms with E-state index < -0.39 is 33.1 Å². The van der Waals surface area contributed by atoms with Crippen molar-refractivity contribution in [2.45, 2.75) is 29.3 Å². The van der Waals surface area contributed by atoms with E-state index in [1.165, 1.54) is 0 Å². The Morgan fingerprint density at radius 3 is 2.52 bits per heavy atom. The van der Waals surface area contributed by atoms with Crippen LogP contribution in [0.5, 0.6) is 5.75 Å². The molecule has 0 spiro atoms. The van der Waals surface area contributed by atoms with Gasteiger partial charge in [0, 0.05) is 36.4 Å². The molecule has 3 aromatic rings. The molecule has 1 aliphatic rings. The summed E-state index contributed by atoms with van der Waals surface area (Å²) in [7, 11) is -4.27. The van der Waals surface area contributed by atoms with Crippen LogP contribution in [0.15, 0.2) is 64.2 Å². The van der Waals surface area contributed by atoms with Gasteiger partial charge in [0.25, 0.3) is 10.0 Å². The lowest BCUT2D eigenvalue weighted by atomic mass is 10.1. The smallest absolute Gasteiger partial charge is 0.419 e. The van der Waals surface area contributed by atoms with Gasteiger partial charge in [-0.3, -0.25) is 0 Å². The van der Waals surface area contributed by atoms with Crippen molar-refractivity contribution >= 4 is 38.8 Å². The third-order valence-electron chi connectivity index (χ3n) is 5.32. The second-order valence-electron chi connectivity index (χ2n) is 7.86. The van der Waals surface area contributed by atoms with Crippen LogP contribution in [0.3, 0.4) is 0 Å². The normalized spacial score (nSPS) is 18.9. The summed E-state index contributed by atoms with van der Waals surface area (Å²) >= 11 is 7.22. The highest BCUT2D eigenvalue weighted by Crippen LogP contribution is 2.42. The van der Waals surface area contributed by atoms with Gasteiger partial charge in [-0.1, -0.05) is 30.3 Å². The number of benzene rings is 2. The van der Waals surface area contributed by atoms with Crippen LogP contribution in [0.4, 0.5) is 18.9 Å². The predicted molar refractivity (Wildman–Crippen MR) is 123 cm³/mol. The summed E-state index contributed by atoms with van der Waals surface area (Å²) in [6.45, 7) is 2.67. The number of halogens is 4. The number of ether oxygens (including phenoxy) is 1. The average Bonchev–Trinajstić information content (AvgIpc) is 3.43. The van der Waals surface area contributed by atoms with Crippen LogP contribution in [0.25, 0.3) is 11.1 Å². The van der Waals surface area contributed by atoms with Gasteiger partial charge >= 0.3 is 6.18 Å². The molecule has 0 unspecified atom stereocenters. The molecule has 0 aliphatic carbocycles. The molecule has 2 aromatic carbocycles. The van der Waals surface area contributed by atoms with Crippen molar-refractivity contribution in [3.63, 3.8) is 0 Å². The Hall–Kier alpha value is -2.27. The van der Waals surface area contributed by atoms with Crippen LogP contribution in [-0.4, -0.2) is 27.1 Å². The largest absolute Gasteiger partial charge is 0.485 e. The van der Waals surface area contributed by atoms with Crippen LogP contribution >= 0.6 is 23.1 Å². The van der Waals surface area contributed by atoms with Crippen molar-refractivity contribution in [2.75, 3.05) is 16.9 Å². The molecule has 33 heavy (non-hydrogen) atoms. The molecule has 1 N–H and O–H groups in total. The molecule has 176 valence electrons. The summed E-state index contributed by atoms with van der Waals surface area (Å²) in [6.07, 6.45) is -4.17. The number of hydrogen-bond acceptors (Lipinski definition) is 5. The summed E-state index contributed by atoms with van der Waals surface area (Å²) in [6, 6.07) is 13.4. The third-order valence-corrected chi connectivity index (χ3v) is 9.01. The van der Waals surface area contributed by atoms with E-state index in [0.29, 0.717) is 34.5 Å². The number of hydrogen-bond donors (Lipinski definition) is 1. The van der Waals surface area contributed by atoms with Crippen LogP contribution in [0, 0.1) is 0 Å². The molecule has 1 atom stereocenters. The molecule has 1 aliphatic heterocycles. The lowest BCUT2D eigenvalue weighted by Gasteiger charge is -2.27. The third kappa shape index (κ3) is 4.84. The van der Waals surface area contributed by atoms with Gasteiger partial charge in [-0.05, 0) is 42.6 Å². The van der Waals surface area contributed by atoms with Crippen molar-refractivity contribution in [3.05, 3.63) is 65.5 Å². The van der Waals surface area contributed by atoms with Gasteiger partial charge in [0.1, 0.15) is 15.6 Å². The topological polar surface area (TPSA) is 58.6 Å². The predicted octanol–water partition coefficient (Wildman–Crippen LogP) is 5.91. The summed E-state index contributed by atoms with van der Waals surface area (Å²) in [4.78, 5) is 0. The Morgan fingerprint density at radius 2 is 1.88 bits per heavy atom. The molecule has 1 fully saturated rings. The first-order chi connectivity index (χ1) is 15.5. The first-order valence-electron chi connectivity index (χ1n) is 9.96. The summed E-state index contributed by atoms with van der Waals surface area (Å²) in [5.74, 6) is -0.471. The lowest BCUT2D eigenvalue weighted by Crippen LogP contribution is -2.35. The Labute approximate surface area is 198 Å². The Morgan fingerprint density at radius 1 is 1.15 bits per heavy atom. The van der Waals surface area contributed by atoms with E-state index in [1.807, 2.05) is 6.07 Å². The van der Waals surface area contributed by atoms with Crippen molar-refractivity contribution < 1.29 is 26.3 Å². The summed E-state index contributed by atoms with van der Waals surface area (Å²) in [5.41, 5.74) is -0.868. The highest BCUT2D eigenvalue weighted by molar-refractivity contribution is 7.96. The molecular formula is C22H20ClF3N2O3S2. The van der Waals surface area contributed by atoms with Crippen molar-refractivity contribution in [2.24, 2.45) is 0 Å². The van der Waals surface area contributed by atoms with Gasteiger partial charge in [0.05, 0.1) is 11.3 Å². The molecule has 0 bridgehead atoms. The minimum Gasteiger partial charge on any atom is -0.485 e. The molecule has 1 aromatic heterocycles. The number of nitrogens with zero attached hydrogens (tertiary/aromatic N) is 1. The highest BCUT2D eigenvalue weighted by Gasteiger charge is 2.39. The van der Waals surface area contributed by atoms with Gasteiger partial charge in [-0.2, -0.15) is 25.4 Å². The second kappa shape index (κ2) is 8.83. The second-order valence-corrected chi connectivity index (χ2v) is 11.3. The SMILES string of the molecule is C[C@@]1(Oc2cc(N(Cl)S(=O)(=O)c3sccc3-c3ccccc3)ccc2C(F)(F)F)CCNC1. The van der Waals surface area contributed by atoms with Gasteiger partial charge in [-0.15, -0.1) is 11.3 Å². The van der Waals surface area contributed by atoms with Gasteiger partial charge < -0.3 is 10.1 Å². The Kier molecular flexibility index (Phi) is 6.38. The van der Waals surface area contributed by atoms with E-state index in [0.717, 1.165) is 29.5 Å². The number of sulfonamides is 1. The van der Waals surface area contributed by atoms with E-state index in [1.54, 1.807) is 42.6 Å². The maximum absolute atomic E-state index is 13.6. The van der Waals surface area contributed by atoms with Crippen molar-refractivity contribution in [1.29, 1.82) is 0 Å². The van der Waals surface area contributed by atoms with Crippen molar-refractivity contribution in [3.8, 4) is 16.9 Å². The van der Waals surface area contributed by atoms with Gasteiger partial charge in [0.15, 0.2) is 0 Å². The van der Waals surface area contributed by atoms with Crippen LogP contribution in [0.1, 0.15) is 18.9 Å². The molecule has 0 amide bonds. The van der Waals surface area contributed by atoms with Crippen molar-refractivity contribution in [1.82, 2.24) is 5.32 Å². The zero-order valence-electron chi connectivity index (χ0n) is 17.4. The fraction of sp³-hybridized carbons (Fsp3) is 0.273. The molecule has 0 radical (unpaired) electrons. The molecule has 4 rings (SSSR count). The molecule has 2 heterocycles. The van der Waals surface area contributed by atoms with E-state index in [-0.39, 0.29) is 9.90 Å². The first-order valence-corrected chi connectivity index (χ1v) is 12.6. The van der Waals surface area contributed by atoms with Gasteiger partial charge in [0.2, 0.25) is 0 Å². The first kappa shape index (κ1) is 23.9.